The molecule has 1 amide bonds. The Bertz CT molecular complexity index is 417. The predicted molar refractivity (Wildman–Crippen MR) is 72.2 cm³/mol. The van der Waals surface area contributed by atoms with E-state index in [1.165, 1.54) is 6.42 Å². The highest BCUT2D eigenvalue weighted by atomic mass is 16.2. The van der Waals surface area contributed by atoms with Crippen molar-refractivity contribution in [3.8, 4) is 0 Å². The minimum atomic E-state index is 0.0282. The van der Waals surface area contributed by atoms with Gasteiger partial charge in [0.2, 0.25) is 0 Å². The van der Waals surface area contributed by atoms with Crippen LogP contribution in [0.4, 0.5) is 5.82 Å². The normalized spacial score (nSPS) is 19.8. The average Bonchev–Trinajstić information content (AvgIpc) is 2.39. The smallest absolute Gasteiger partial charge is 0.272 e. The molecule has 2 heterocycles. The van der Waals surface area contributed by atoms with Gasteiger partial charge in [-0.05, 0) is 37.8 Å². The van der Waals surface area contributed by atoms with Gasteiger partial charge in [-0.15, -0.1) is 0 Å². The van der Waals surface area contributed by atoms with Crippen molar-refractivity contribution in [2.24, 2.45) is 0 Å². The minimum absolute atomic E-state index is 0.0282. The van der Waals surface area contributed by atoms with Crippen LogP contribution in [0.1, 0.15) is 49.5 Å². The molecule has 2 rings (SSSR count). The third-order valence-electron chi connectivity index (χ3n) is 3.50. The van der Waals surface area contributed by atoms with Gasteiger partial charge in [-0.3, -0.25) is 4.79 Å². The zero-order valence-corrected chi connectivity index (χ0v) is 10.9. The lowest BCUT2D eigenvalue weighted by molar-refractivity contribution is 0.0595. The molecular formula is C14H21N3O. The molecule has 1 fully saturated rings. The highest BCUT2D eigenvalue weighted by Crippen LogP contribution is 2.22. The van der Waals surface area contributed by atoms with Gasteiger partial charge in [0.1, 0.15) is 11.5 Å². The SMILES string of the molecule is CCCC1CCCCN1C(=O)c1cccc(N)n1. The van der Waals surface area contributed by atoms with E-state index in [2.05, 4.69) is 11.9 Å². The summed E-state index contributed by atoms with van der Waals surface area (Å²) in [6.07, 6.45) is 5.61. The number of carbonyl (C=O) groups excluding carboxylic acids is 1. The Morgan fingerprint density at radius 3 is 3.06 bits per heavy atom. The number of piperidine rings is 1. The van der Waals surface area contributed by atoms with Crippen molar-refractivity contribution in [2.45, 2.75) is 45.1 Å². The summed E-state index contributed by atoms with van der Waals surface area (Å²) in [5.41, 5.74) is 6.11. The molecule has 2 N–H and O–H groups in total. The molecule has 0 aromatic carbocycles. The van der Waals surface area contributed by atoms with Crippen LogP contribution in [0.2, 0.25) is 0 Å². The van der Waals surface area contributed by atoms with Crippen LogP contribution >= 0.6 is 0 Å². The number of nitrogens with two attached hydrogens (primary N) is 1. The van der Waals surface area contributed by atoms with E-state index in [1.807, 2.05) is 4.90 Å². The van der Waals surface area contributed by atoms with E-state index in [0.717, 1.165) is 32.2 Å². The van der Waals surface area contributed by atoms with Crippen LogP contribution in [0.5, 0.6) is 0 Å². The van der Waals surface area contributed by atoms with Crippen molar-refractivity contribution in [3.63, 3.8) is 0 Å². The van der Waals surface area contributed by atoms with Gasteiger partial charge in [-0.25, -0.2) is 4.98 Å². The lowest BCUT2D eigenvalue weighted by Gasteiger charge is -2.35. The molecule has 1 aliphatic rings. The number of nitrogen functional groups attached to an aromatic ring is 1. The summed E-state index contributed by atoms with van der Waals surface area (Å²) in [5, 5.41) is 0. The van der Waals surface area contributed by atoms with Crippen LogP contribution < -0.4 is 5.73 Å². The second kappa shape index (κ2) is 5.85. The number of aromatic nitrogens is 1. The fraction of sp³-hybridized carbons (Fsp3) is 0.571. The molecule has 98 valence electrons. The first-order valence-electron chi connectivity index (χ1n) is 6.76. The fourth-order valence-corrected chi connectivity index (χ4v) is 2.62. The molecule has 0 bridgehead atoms. The molecule has 1 aliphatic heterocycles. The van der Waals surface area contributed by atoms with Crippen molar-refractivity contribution in [2.75, 3.05) is 12.3 Å². The molecule has 18 heavy (non-hydrogen) atoms. The van der Waals surface area contributed by atoms with E-state index >= 15 is 0 Å². The first-order valence-corrected chi connectivity index (χ1v) is 6.76. The van der Waals surface area contributed by atoms with Crippen molar-refractivity contribution in [1.29, 1.82) is 0 Å². The lowest BCUT2D eigenvalue weighted by atomic mass is 9.98. The summed E-state index contributed by atoms with van der Waals surface area (Å²) in [5.74, 6) is 0.436. The van der Waals surface area contributed by atoms with Gasteiger partial charge in [0.25, 0.3) is 5.91 Å². The standard InChI is InChI=1S/C14H21N3O/c1-2-6-11-7-3-4-10-17(11)14(18)12-8-5-9-13(15)16-12/h5,8-9,11H,2-4,6-7,10H2,1H3,(H2,15,16). The van der Waals surface area contributed by atoms with Gasteiger partial charge in [0, 0.05) is 12.6 Å². The fourth-order valence-electron chi connectivity index (χ4n) is 2.62. The summed E-state index contributed by atoms with van der Waals surface area (Å²) < 4.78 is 0. The number of pyridine rings is 1. The Labute approximate surface area is 108 Å². The second-order valence-electron chi connectivity index (χ2n) is 4.88. The molecule has 1 aromatic rings. The van der Waals surface area contributed by atoms with Crippen molar-refractivity contribution in [1.82, 2.24) is 9.88 Å². The number of amides is 1. The number of carbonyl (C=O) groups is 1. The molecular weight excluding hydrogens is 226 g/mol. The zero-order chi connectivity index (χ0) is 13.0. The summed E-state index contributed by atoms with van der Waals surface area (Å²) in [7, 11) is 0. The number of rotatable bonds is 3. The molecule has 4 nitrogen and oxygen atoms in total. The number of likely N-dealkylation sites (tertiary alicyclic amines) is 1. The second-order valence-corrected chi connectivity index (χ2v) is 4.88. The molecule has 1 saturated heterocycles. The number of nitrogens with zero attached hydrogens (tertiary/aromatic N) is 2. The Morgan fingerprint density at radius 2 is 2.33 bits per heavy atom. The minimum Gasteiger partial charge on any atom is -0.384 e. The van der Waals surface area contributed by atoms with E-state index < -0.39 is 0 Å². The van der Waals surface area contributed by atoms with Crippen LogP contribution in [0.25, 0.3) is 0 Å². The Balaban J connectivity index is 2.15. The Kier molecular flexibility index (Phi) is 4.18. The third-order valence-corrected chi connectivity index (χ3v) is 3.50. The summed E-state index contributed by atoms with van der Waals surface area (Å²) in [6.45, 7) is 3.01. The van der Waals surface area contributed by atoms with Gasteiger partial charge < -0.3 is 10.6 Å². The monoisotopic (exact) mass is 247 g/mol. The summed E-state index contributed by atoms with van der Waals surface area (Å²) in [6, 6.07) is 5.61. The van der Waals surface area contributed by atoms with E-state index in [4.69, 9.17) is 5.73 Å². The molecule has 1 atom stereocenters. The van der Waals surface area contributed by atoms with E-state index in [1.54, 1.807) is 18.2 Å². The molecule has 0 radical (unpaired) electrons. The summed E-state index contributed by atoms with van der Waals surface area (Å²) in [4.78, 5) is 18.6. The molecule has 4 heteroatoms. The van der Waals surface area contributed by atoms with E-state index in [0.29, 0.717) is 17.6 Å². The Hall–Kier alpha value is -1.58. The highest BCUT2D eigenvalue weighted by molar-refractivity contribution is 5.92. The number of anilines is 1. The maximum Gasteiger partial charge on any atom is 0.272 e. The molecule has 1 unspecified atom stereocenters. The third kappa shape index (κ3) is 2.81. The van der Waals surface area contributed by atoms with Crippen LogP contribution in [-0.2, 0) is 0 Å². The first kappa shape index (κ1) is 12.9. The van der Waals surface area contributed by atoms with Gasteiger partial charge >= 0.3 is 0 Å². The van der Waals surface area contributed by atoms with Gasteiger partial charge in [-0.2, -0.15) is 0 Å². The predicted octanol–water partition coefficient (Wildman–Crippen LogP) is 2.46. The van der Waals surface area contributed by atoms with Gasteiger partial charge in [-0.1, -0.05) is 19.4 Å². The van der Waals surface area contributed by atoms with Gasteiger partial charge in [0.15, 0.2) is 0 Å². The number of hydrogen-bond donors (Lipinski definition) is 1. The topological polar surface area (TPSA) is 59.2 Å². The molecule has 0 saturated carbocycles. The lowest BCUT2D eigenvalue weighted by Crippen LogP contribution is -2.44. The zero-order valence-electron chi connectivity index (χ0n) is 10.9. The van der Waals surface area contributed by atoms with Crippen LogP contribution in [0.15, 0.2) is 18.2 Å². The summed E-state index contributed by atoms with van der Waals surface area (Å²) >= 11 is 0. The molecule has 0 aliphatic carbocycles. The van der Waals surface area contributed by atoms with Crippen LogP contribution in [-0.4, -0.2) is 28.4 Å². The molecule has 1 aromatic heterocycles. The Morgan fingerprint density at radius 1 is 1.50 bits per heavy atom. The first-order chi connectivity index (χ1) is 8.72. The van der Waals surface area contributed by atoms with E-state index in [-0.39, 0.29) is 5.91 Å². The van der Waals surface area contributed by atoms with Gasteiger partial charge in [0.05, 0.1) is 0 Å². The quantitative estimate of drug-likeness (QED) is 0.892. The van der Waals surface area contributed by atoms with Crippen molar-refractivity contribution in [3.05, 3.63) is 23.9 Å². The average molecular weight is 247 g/mol. The van der Waals surface area contributed by atoms with Crippen molar-refractivity contribution >= 4 is 11.7 Å². The highest BCUT2D eigenvalue weighted by Gasteiger charge is 2.27. The van der Waals surface area contributed by atoms with Crippen LogP contribution in [0, 0.1) is 0 Å². The number of hydrogen-bond acceptors (Lipinski definition) is 3. The van der Waals surface area contributed by atoms with E-state index in [9.17, 15) is 4.79 Å². The van der Waals surface area contributed by atoms with Crippen molar-refractivity contribution < 1.29 is 4.79 Å². The largest absolute Gasteiger partial charge is 0.384 e. The van der Waals surface area contributed by atoms with Crippen LogP contribution in [0.3, 0.4) is 0 Å². The molecule has 0 spiro atoms. The maximum absolute atomic E-state index is 12.4. The maximum atomic E-state index is 12.4.